The molecule has 1 heterocycles. The highest BCUT2D eigenvalue weighted by molar-refractivity contribution is 14.1. The first kappa shape index (κ1) is 14.6. The first-order valence-electron chi connectivity index (χ1n) is 5.17. The Labute approximate surface area is 133 Å². The molecule has 0 saturated carbocycles. The largest absolute Gasteiger partial charge is 0.478 e. The molecule has 0 saturated heterocycles. The van der Waals surface area contributed by atoms with Crippen LogP contribution in [0.5, 0.6) is 5.75 Å². The van der Waals surface area contributed by atoms with Crippen LogP contribution in [0.25, 0.3) is 10.9 Å². The van der Waals surface area contributed by atoms with Crippen LogP contribution in [-0.2, 0) is 9.53 Å². The van der Waals surface area contributed by atoms with Gasteiger partial charge in [0.05, 0.1) is 15.7 Å². The number of fused-ring (bicyclic) bond motifs is 1. The van der Waals surface area contributed by atoms with Gasteiger partial charge in [0.1, 0.15) is 10.7 Å². The van der Waals surface area contributed by atoms with Crippen molar-refractivity contribution in [3.8, 4) is 5.75 Å². The number of aromatic nitrogens is 1. The van der Waals surface area contributed by atoms with Crippen molar-refractivity contribution in [1.82, 2.24) is 4.98 Å². The maximum Gasteiger partial charge on any atom is 0.343 e. The number of esters is 1. The number of halogens is 3. The van der Waals surface area contributed by atoms with Crippen LogP contribution in [0.1, 0.15) is 0 Å². The van der Waals surface area contributed by atoms with Crippen LogP contribution >= 0.6 is 45.8 Å². The molecule has 0 aliphatic rings. The number of nitrogens with zero attached hydrogens (tertiary/aromatic N) is 1. The smallest absolute Gasteiger partial charge is 0.343 e. The predicted molar refractivity (Wildman–Crippen MR) is 82.0 cm³/mol. The number of benzene rings is 1. The molecule has 0 spiro atoms. The summed E-state index contributed by atoms with van der Waals surface area (Å²) in [6, 6.07) is 5.15. The van der Waals surface area contributed by atoms with Gasteiger partial charge in [0.2, 0.25) is 0 Å². The molecule has 19 heavy (non-hydrogen) atoms. The van der Waals surface area contributed by atoms with Crippen molar-refractivity contribution in [2.75, 3.05) is 13.7 Å². The fraction of sp³-hybridized carbons (Fsp3) is 0.167. The Hall–Kier alpha value is -0.790. The van der Waals surface area contributed by atoms with Crippen LogP contribution in [0.4, 0.5) is 0 Å². The van der Waals surface area contributed by atoms with Gasteiger partial charge < -0.3 is 9.47 Å². The number of hydrogen-bond donors (Lipinski definition) is 0. The standard InChI is InChI=1S/C12H8Cl2INO3/c1-18-10(17)5-19-12-8(15)4-7(13)6-2-3-9(14)16-11(6)12/h2-4H,5H2,1H3. The lowest BCUT2D eigenvalue weighted by molar-refractivity contribution is -0.142. The Morgan fingerprint density at radius 3 is 2.84 bits per heavy atom. The molecule has 100 valence electrons. The minimum atomic E-state index is -0.471. The maximum absolute atomic E-state index is 11.1. The normalized spacial score (nSPS) is 10.5. The quantitative estimate of drug-likeness (QED) is 0.439. The lowest BCUT2D eigenvalue weighted by atomic mass is 10.2. The highest BCUT2D eigenvalue weighted by atomic mass is 127. The molecule has 2 aromatic rings. The molecular weight excluding hydrogens is 404 g/mol. The second kappa shape index (κ2) is 6.11. The maximum atomic E-state index is 11.1. The molecule has 0 radical (unpaired) electrons. The summed E-state index contributed by atoms with van der Waals surface area (Å²) in [5, 5.41) is 1.59. The number of ether oxygens (including phenoxy) is 2. The van der Waals surface area contributed by atoms with E-state index in [9.17, 15) is 4.79 Å². The average Bonchev–Trinajstić information content (AvgIpc) is 2.37. The molecule has 7 heteroatoms. The number of pyridine rings is 1. The second-order valence-electron chi connectivity index (χ2n) is 3.56. The van der Waals surface area contributed by atoms with Gasteiger partial charge in [0.25, 0.3) is 0 Å². The summed E-state index contributed by atoms with van der Waals surface area (Å²) in [6.45, 7) is -0.197. The van der Waals surface area contributed by atoms with E-state index in [-0.39, 0.29) is 6.61 Å². The van der Waals surface area contributed by atoms with E-state index in [1.807, 2.05) is 0 Å². The number of methoxy groups -OCH3 is 1. The van der Waals surface area contributed by atoms with Crippen LogP contribution in [-0.4, -0.2) is 24.7 Å². The third-order valence-corrected chi connectivity index (χ3v) is 3.69. The fourth-order valence-corrected chi connectivity index (χ4v) is 2.81. The van der Waals surface area contributed by atoms with Crippen molar-refractivity contribution in [1.29, 1.82) is 0 Å². The summed E-state index contributed by atoms with van der Waals surface area (Å²) in [5.74, 6) is -0.00571. The Balaban J connectivity index is 2.52. The molecule has 4 nitrogen and oxygen atoms in total. The van der Waals surface area contributed by atoms with Gasteiger partial charge in [-0.3, -0.25) is 0 Å². The molecule has 0 bridgehead atoms. The highest BCUT2D eigenvalue weighted by Crippen LogP contribution is 2.35. The fourth-order valence-electron chi connectivity index (χ4n) is 1.50. The molecule has 1 aromatic heterocycles. The van der Waals surface area contributed by atoms with Crippen LogP contribution < -0.4 is 4.74 Å². The lowest BCUT2D eigenvalue weighted by Crippen LogP contribution is -2.13. The summed E-state index contributed by atoms with van der Waals surface area (Å²) in [4.78, 5) is 15.3. The highest BCUT2D eigenvalue weighted by Gasteiger charge is 2.14. The molecule has 2 rings (SSSR count). The summed E-state index contributed by atoms with van der Waals surface area (Å²) in [7, 11) is 1.30. The zero-order valence-electron chi connectivity index (χ0n) is 9.75. The van der Waals surface area contributed by atoms with Crippen LogP contribution in [0.3, 0.4) is 0 Å². The minimum absolute atomic E-state index is 0.197. The van der Waals surface area contributed by atoms with Gasteiger partial charge in [-0.2, -0.15) is 0 Å². The molecule has 0 N–H and O–H groups in total. The Bertz CT molecular complexity index is 648. The van der Waals surface area contributed by atoms with E-state index in [0.717, 1.165) is 3.57 Å². The zero-order valence-corrected chi connectivity index (χ0v) is 13.4. The number of rotatable bonds is 3. The Kier molecular flexibility index (Phi) is 4.70. The topological polar surface area (TPSA) is 48.4 Å². The van der Waals surface area contributed by atoms with E-state index >= 15 is 0 Å². The van der Waals surface area contributed by atoms with Gasteiger partial charge in [-0.15, -0.1) is 0 Å². The van der Waals surface area contributed by atoms with Crippen molar-refractivity contribution >= 4 is 62.7 Å². The van der Waals surface area contributed by atoms with Crippen molar-refractivity contribution in [2.45, 2.75) is 0 Å². The first-order chi connectivity index (χ1) is 9.02. The summed E-state index contributed by atoms with van der Waals surface area (Å²) < 4.78 is 10.7. The van der Waals surface area contributed by atoms with Gasteiger partial charge >= 0.3 is 5.97 Å². The number of hydrogen-bond acceptors (Lipinski definition) is 4. The first-order valence-corrected chi connectivity index (χ1v) is 7.00. The second-order valence-corrected chi connectivity index (χ2v) is 5.52. The average molecular weight is 412 g/mol. The molecule has 0 aliphatic carbocycles. The van der Waals surface area contributed by atoms with Crippen molar-refractivity contribution in [3.63, 3.8) is 0 Å². The molecule has 0 fully saturated rings. The third-order valence-electron chi connectivity index (χ3n) is 2.37. The number of carbonyl (C=O) groups excluding carboxylic acids is 1. The SMILES string of the molecule is COC(=O)COc1c(I)cc(Cl)c2ccc(Cl)nc12. The van der Waals surface area contributed by atoms with Crippen LogP contribution in [0.15, 0.2) is 18.2 Å². The van der Waals surface area contributed by atoms with Gasteiger partial charge in [0.15, 0.2) is 12.4 Å². The summed E-state index contributed by atoms with van der Waals surface area (Å²) in [5.41, 5.74) is 0.522. The van der Waals surface area contributed by atoms with E-state index in [0.29, 0.717) is 26.8 Å². The monoisotopic (exact) mass is 411 g/mol. The van der Waals surface area contributed by atoms with Crippen molar-refractivity contribution in [3.05, 3.63) is 31.9 Å². The minimum Gasteiger partial charge on any atom is -0.478 e. The van der Waals surface area contributed by atoms with Gasteiger partial charge in [0, 0.05) is 5.39 Å². The van der Waals surface area contributed by atoms with E-state index in [1.165, 1.54) is 7.11 Å². The zero-order chi connectivity index (χ0) is 14.0. The van der Waals surface area contributed by atoms with Crippen molar-refractivity contribution < 1.29 is 14.3 Å². The van der Waals surface area contributed by atoms with E-state index < -0.39 is 5.97 Å². The van der Waals surface area contributed by atoms with Gasteiger partial charge in [-0.25, -0.2) is 9.78 Å². The summed E-state index contributed by atoms with van der Waals surface area (Å²) in [6.07, 6.45) is 0. The summed E-state index contributed by atoms with van der Waals surface area (Å²) >= 11 is 14.1. The number of carbonyl (C=O) groups is 1. The van der Waals surface area contributed by atoms with E-state index in [4.69, 9.17) is 27.9 Å². The van der Waals surface area contributed by atoms with Crippen LogP contribution in [0, 0.1) is 3.57 Å². The molecule has 0 aliphatic heterocycles. The van der Waals surface area contributed by atoms with Gasteiger partial charge in [-0.1, -0.05) is 23.2 Å². The van der Waals surface area contributed by atoms with Crippen molar-refractivity contribution in [2.24, 2.45) is 0 Å². The molecule has 0 unspecified atom stereocenters. The third kappa shape index (κ3) is 3.21. The van der Waals surface area contributed by atoms with E-state index in [1.54, 1.807) is 18.2 Å². The van der Waals surface area contributed by atoms with Gasteiger partial charge in [-0.05, 0) is 40.8 Å². The Morgan fingerprint density at radius 2 is 2.16 bits per heavy atom. The van der Waals surface area contributed by atoms with E-state index in [2.05, 4.69) is 32.3 Å². The molecule has 1 aromatic carbocycles. The molecular formula is C12H8Cl2INO3. The van der Waals surface area contributed by atoms with Crippen LogP contribution in [0.2, 0.25) is 10.2 Å². The Morgan fingerprint density at radius 1 is 1.42 bits per heavy atom. The lowest BCUT2D eigenvalue weighted by Gasteiger charge is -2.11. The molecule has 0 atom stereocenters. The molecule has 0 amide bonds. The predicted octanol–water partition coefficient (Wildman–Crippen LogP) is 3.70.